The first kappa shape index (κ1) is 16.5. The number of nitrogens with one attached hydrogen (secondary N) is 1. The van der Waals surface area contributed by atoms with E-state index in [1.165, 1.54) is 0 Å². The Kier molecular flexibility index (Phi) is 5.19. The highest BCUT2D eigenvalue weighted by Gasteiger charge is 2.17. The van der Waals surface area contributed by atoms with Gasteiger partial charge in [0.05, 0.1) is 5.25 Å². The Balaban J connectivity index is 2.09. The molecule has 22 heavy (non-hydrogen) atoms. The third-order valence-electron chi connectivity index (χ3n) is 3.22. The molecular weight excluding hydrogens is 304 g/mol. The molecule has 0 aliphatic carbocycles. The van der Waals surface area contributed by atoms with Crippen LogP contribution in [0.2, 0.25) is 0 Å². The number of anilines is 1. The van der Waals surface area contributed by atoms with Gasteiger partial charge in [-0.05, 0) is 56.2 Å². The molecule has 0 unspecified atom stereocenters. The fraction of sp³-hybridized carbons (Fsp3) is 0.235. The first-order valence-electron chi connectivity index (χ1n) is 6.86. The number of benzene rings is 2. The van der Waals surface area contributed by atoms with Gasteiger partial charge in [-0.15, -0.1) is 11.8 Å². The largest absolute Gasteiger partial charge is 0.325 e. The van der Waals surface area contributed by atoms with Crippen molar-refractivity contribution in [2.75, 3.05) is 5.32 Å². The van der Waals surface area contributed by atoms with E-state index in [-0.39, 0.29) is 10.8 Å². The first-order chi connectivity index (χ1) is 10.4. The van der Waals surface area contributed by atoms with Crippen LogP contribution in [0.25, 0.3) is 0 Å². The topological polar surface area (TPSA) is 29.1 Å². The minimum absolute atomic E-state index is 0.128. The summed E-state index contributed by atoms with van der Waals surface area (Å²) in [6.45, 7) is 5.50. The number of carbonyl (C=O) groups excluding carboxylic acids is 1. The maximum Gasteiger partial charge on any atom is 0.237 e. The van der Waals surface area contributed by atoms with Gasteiger partial charge in [-0.1, -0.05) is 12.1 Å². The normalized spacial score (nSPS) is 12.0. The third-order valence-corrected chi connectivity index (χ3v) is 4.35. The van der Waals surface area contributed by atoms with Gasteiger partial charge < -0.3 is 5.32 Å². The van der Waals surface area contributed by atoms with Crippen molar-refractivity contribution in [2.45, 2.75) is 30.9 Å². The van der Waals surface area contributed by atoms with Crippen molar-refractivity contribution in [3.63, 3.8) is 0 Å². The number of carbonyl (C=O) groups is 1. The quantitative estimate of drug-likeness (QED) is 0.827. The number of hydrogen-bond acceptors (Lipinski definition) is 2. The maximum absolute atomic E-state index is 13.6. The minimum Gasteiger partial charge on any atom is -0.325 e. The van der Waals surface area contributed by atoms with E-state index in [9.17, 15) is 13.6 Å². The van der Waals surface area contributed by atoms with Crippen LogP contribution >= 0.6 is 11.8 Å². The molecule has 1 atom stereocenters. The SMILES string of the molecule is Cc1ccc(C)c(NC(=O)[C@H](C)Sc2cc(F)ccc2F)c1. The van der Waals surface area contributed by atoms with Crippen LogP contribution < -0.4 is 5.32 Å². The molecule has 1 amide bonds. The Morgan fingerprint density at radius 3 is 2.59 bits per heavy atom. The average Bonchev–Trinajstić information content (AvgIpc) is 2.46. The fourth-order valence-corrected chi connectivity index (χ4v) is 2.82. The molecule has 0 fully saturated rings. The van der Waals surface area contributed by atoms with Crippen LogP contribution in [0.4, 0.5) is 14.5 Å². The third kappa shape index (κ3) is 4.07. The summed E-state index contributed by atoms with van der Waals surface area (Å²) in [5.74, 6) is -1.30. The monoisotopic (exact) mass is 321 g/mol. The molecule has 0 bridgehead atoms. The van der Waals surface area contributed by atoms with E-state index in [0.717, 1.165) is 46.8 Å². The van der Waals surface area contributed by atoms with Gasteiger partial charge >= 0.3 is 0 Å². The Morgan fingerprint density at radius 2 is 1.86 bits per heavy atom. The standard InChI is InChI=1S/C17H17F2NOS/c1-10-4-5-11(2)15(8-10)20-17(21)12(3)22-16-9-13(18)6-7-14(16)19/h4-9,12H,1-3H3,(H,20,21)/t12-/m0/s1. The van der Waals surface area contributed by atoms with E-state index >= 15 is 0 Å². The lowest BCUT2D eigenvalue weighted by Crippen LogP contribution is -2.23. The summed E-state index contributed by atoms with van der Waals surface area (Å²) < 4.78 is 26.8. The molecule has 5 heteroatoms. The van der Waals surface area contributed by atoms with Crippen molar-refractivity contribution in [3.05, 3.63) is 59.2 Å². The number of halogens is 2. The summed E-state index contributed by atoms with van der Waals surface area (Å²) in [7, 11) is 0. The van der Waals surface area contributed by atoms with Gasteiger partial charge in [-0.3, -0.25) is 4.79 Å². The van der Waals surface area contributed by atoms with Gasteiger partial charge in [0.15, 0.2) is 0 Å². The van der Waals surface area contributed by atoms with Crippen LogP contribution in [0, 0.1) is 25.5 Å². The van der Waals surface area contributed by atoms with Crippen molar-refractivity contribution in [3.8, 4) is 0 Å². The Morgan fingerprint density at radius 1 is 1.14 bits per heavy atom. The van der Waals surface area contributed by atoms with E-state index in [1.54, 1.807) is 6.92 Å². The van der Waals surface area contributed by atoms with E-state index in [2.05, 4.69) is 5.32 Å². The lowest BCUT2D eigenvalue weighted by atomic mass is 10.1. The predicted octanol–water partition coefficient (Wildman–Crippen LogP) is 4.70. The van der Waals surface area contributed by atoms with Gasteiger partial charge in [0.25, 0.3) is 0 Å². The summed E-state index contributed by atoms with van der Waals surface area (Å²) in [6, 6.07) is 8.99. The van der Waals surface area contributed by atoms with Crippen LogP contribution in [-0.4, -0.2) is 11.2 Å². The van der Waals surface area contributed by atoms with Gasteiger partial charge in [-0.25, -0.2) is 8.78 Å². The zero-order valence-corrected chi connectivity index (χ0v) is 13.4. The minimum atomic E-state index is -0.545. The van der Waals surface area contributed by atoms with Crippen LogP contribution in [-0.2, 0) is 4.79 Å². The zero-order valence-electron chi connectivity index (χ0n) is 12.6. The summed E-state index contributed by atoms with van der Waals surface area (Å²) in [5, 5.41) is 2.28. The lowest BCUT2D eigenvalue weighted by Gasteiger charge is -2.14. The molecule has 2 aromatic rings. The molecule has 0 radical (unpaired) electrons. The van der Waals surface area contributed by atoms with Gasteiger partial charge in [-0.2, -0.15) is 0 Å². The molecule has 116 valence electrons. The number of hydrogen-bond donors (Lipinski definition) is 1. The maximum atomic E-state index is 13.6. The van der Waals surface area contributed by atoms with Crippen molar-refractivity contribution in [1.82, 2.24) is 0 Å². The Hall–Kier alpha value is -1.88. The summed E-state index contributed by atoms with van der Waals surface area (Å²) in [5.41, 5.74) is 2.72. The first-order valence-corrected chi connectivity index (χ1v) is 7.74. The van der Waals surface area contributed by atoms with Crippen molar-refractivity contribution < 1.29 is 13.6 Å². The van der Waals surface area contributed by atoms with Crippen LogP contribution in [0.15, 0.2) is 41.3 Å². The van der Waals surface area contributed by atoms with Crippen molar-refractivity contribution in [1.29, 1.82) is 0 Å². The number of amides is 1. The molecule has 2 aromatic carbocycles. The molecule has 0 aliphatic heterocycles. The van der Waals surface area contributed by atoms with Crippen molar-refractivity contribution >= 4 is 23.4 Å². The van der Waals surface area contributed by atoms with Crippen LogP contribution in [0.3, 0.4) is 0 Å². The van der Waals surface area contributed by atoms with E-state index < -0.39 is 16.9 Å². The molecule has 2 rings (SSSR count). The zero-order chi connectivity index (χ0) is 16.3. The van der Waals surface area contributed by atoms with Crippen LogP contribution in [0.5, 0.6) is 0 Å². The van der Waals surface area contributed by atoms with Crippen LogP contribution in [0.1, 0.15) is 18.1 Å². The highest BCUT2D eigenvalue weighted by atomic mass is 32.2. The van der Waals surface area contributed by atoms with Gasteiger partial charge in [0.2, 0.25) is 5.91 Å². The number of thioether (sulfide) groups is 1. The second-order valence-corrected chi connectivity index (χ2v) is 6.53. The second-order valence-electron chi connectivity index (χ2n) is 5.14. The van der Waals surface area contributed by atoms with E-state index in [4.69, 9.17) is 0 Å². The van der Waals surface area contributed by atoms with Gasteiger partial charge in [0, 0.05) is 10.6 Å². The molecule has 0 aromatic heterocycles. The number of rotatable bonds is 4. The summed E-state index contributed by atoms with van der Waals surface area (Å²) in [4.78, 5) is 12.4. The smallest absolute Gasteiger partial charge is 0.237 e. The molecule has 0 heterocycles. The van der Waals surface area contributed by atoms with E-state index in [0.29, 0.717) is 0 Å². The predicted molar refractivity (Wildman–Crippen MR) is 86.2 cm³/mol. The molecule has 0 saturated carbocycles. The summed E-state index contributed by atoms with van der Waals surface area (Å²) >= 11 is 0.995. The molecule has 0 aliphatic rings. The fourth-order valence-electron chi connectivity index (χ4n) is 1.92. The highest BCUT2D eigenvalue weighted by Crippen LogP contribution is 2.28. The van der Waals surface area contributed by atoms with Crippen molar-refractivity contribution in [2.24, 2.45) is 0 Å². The summed E-state index contributed by atoms with van der Waals surface area (Å²) in [6.07, 6.45) is 0. The number of aryl methyl sites for hydroxylation is 2. The molecule has 0 saturated heterocycles. The molecule has 0 spiro atoms. The Bertz CT molecular complexity index is 703. The molecule has 1 N–H and O–H groups in total. The second kappa shape index (κ2) is 6.92. The molecular formula is C17H17F2NOS. The highest BCUT2D eigenvalue weighted by molar-refractivity contribution is 8.00. The van der Waals surface area contributed by atoms with Gasteiger partial charge in [0.1, 0.15) is 11.6 Å². The molecule has 2 nitrogen and oxygen atoms in total. The van der Waals surface area contributed by atoms with E-state index in [1.807, 2.05) is 32.0 Å². The Labute approximate surface area is 132 Å². The average molecular weight is 321 g/mol. The lowest BCUT2D eigenvalue weighted by molar-refractivity contribution is -0.115.